The minimum absolute atomic E-state index is 0.0226. The summed E-state index contributed by atoms with van der Waals surface area (Å²) >= 11 is 5.64. The molecule has 1 unspecified atom stereocenters. The second-order valence-electron chi connectivity index (χ2n) is 4.46. The van der Waals surface area contributed by atoms with Gasteiger partial charge in [0.05, 0.1) is 12.1 Å². The van der Waals surface area contributed by atoms with Crippen molar-refractivity contribution in [2.75, 3.05) is 11.9 Å². The molecule has 0 aliphatic heterocycles. The summed E-state index contributed by atoms with van der Waals surface area (Å²) in [5.41, 5.74) is -0.695. The van der Waals surface area contributed by atoms with Gasteiger partial charge in [-0.3, -0.25) is 4.79 Å². The second-order valence-corrected chi connectivity index (χ2v) is 4.89. The number of halogens is 4. The van der Waals surface area contributed by atoms with Crippen LogP contribution in [0.3, 0.4) is 0 Å². The standard InChI is InChI=1S/C13H16ClF3N2O/c1-3-8(2)19-12(20)7-18-11-5-9(13(15,16)17)4-10(14)6-11/h4-6,8,18H,3,7H2,1-2H3,(H,19,20). The van der Waals surface area contributed by atoms with E-state index in [9.17, 15) is 18.0 Å². The molecule has 1 amide bonds. The summed E-state index contributed by atoms with van der Waals surface area (Å²) < 4.78 is 37.8. The van der Waals surface area contributed by atoms with Crippen molar-refractivity contribution in [1.29, 1.82) is 0 Å². The van der Waals surface area contributed by atoms with Gasteiger partial charge in [-0.2, -0.15) is 13.2 Å². The Morgan fingerprint density at radius 3 is 2.55 bits per heavy atom. The van der Waals surface area contributed by atoms with Crippen molar-refractivity contribution in [3.63, 3.8) is 0 Å². The van der Waals surface area contributed by atoms with Crippen molar-refractivity contribution in [2.45, 2.75) is 32.5 Å². The topological polar surface area (TPSA) is 41.1 Å². The molecule has 2 N–H and O–H groups in total. The molecule has 0 aromatic heterocycles. The van der Waals surface area contributed by atoms with E-state index in [4.69, 9.17) is 11.6 Å². The van der Waals surface area contributed by atoms with E-state index in [1.807, 2.05) is 13.8 Å². The van der Waals surface area contributed by atoms with Gasteiger partial charge in [0, 0.05) is 16.8 Å². The smallest absolute Gasteiger partial charge is 0.376 e. The second kappa shape index (κ2) is 6.83. The summed E-state index contributed by atoms with van der Waals surface area (Å²) in [4.78, 5) is 11.5. The zero-order valence-electron chi connectivity index (χ0n) is 11.1. The van der Waals surface area contributed by atoms with Crippen LogP contribution in [0.15, 0.2) is 18.2 Å². The Morgan fingerprint density at radius 1 is 1.35 bits per heavy atom. The number of hydrogen-bond donors (Lipinski definition) is 2. The van der Waals surface area contributed by atoms with E-state index in [-0.39, 0.29) is 29.2 Å². The fourth-order valence-corrected chi connectivity index (χ4v) is 1.70. The third-order valence-corrected chi connectivity index (χ3v) is 2.92. The van der Waals surface area contributed by atoms with Gasteiger partial charge < -0.3 is 10.6 Å². The molecule has 1 atom stereocenters. The lowest BCUT2D eigenvalue weighted by atomic mass is 10.2. The zero-order chi connectivity index (χ0) is 15.3. The highest BCUT2D eigenvalue weighted by Gasteiger charge is 2.31. The first-order valence-electron chi connectivity index (χ1n) is 6.13. The van der Waals surface area contributed by atoms with E-state index in [0.717, 1.165) is 18.6 Å². The van der Waals surface area contributed by atoms with Crippen molar-refractivity contribution in [2.24, 2.45) is 0 Å². The number of nitrogens with one attached hydrogen (secondary N) is 2. The number of anilines is 1. The van der Waals surface area contributed by atoms with Gasteiger partial charge in [0.15, 0.2) is 0 Å². The van der Waals surface area contributed by atoms with Crippen molar-refractivity contribution in [1.82, 2.24) is 5.32 Å². The van der Waals surface area contributed by atoms with Crippen LogP contribution in [0.4, 0.5) is 18.9 Å². The van der Waals surface area contributed by atoms with Crippen LogP contribution in [0.5, 0.6) is 0 Å². The van der Waals surface area contributed by atoms with Crippen LogP contribution < -0.4 is 10.6 Å². The summed E-state index contributed by atoms with van der Waals surface area (Å²) in [7, 11) is 0. The Kier molecular flexibility index (Phi) is 5.68. The molecule has 1 aromatic carbocycles. The molecular formula is C13H16ClF3N2O. The summed E-state index contributed by atoms with van der Waals surface area (Å²) in [5, 5.41) is 5.30. The predicted molar refractivity (Wildman–Crippen MR) is 72.8 cm³/mol. The molecule has 0 fully saturated rings. The molecule has 1 aromatic rings. The fourth-order valence-electron chi connectivity index (χ4n) is 1.47. The summed E-state index contributed by atoms with van der Waals surface area (Å²) in [6.45, 7) is 3.66. The molecule has 0 spiro atoms. The molecular weight excluding hydrogens is 293 g/mol. The van der Waals surface area contributed by atoms with E-state index in [2.05, 4.69) is 10.6 Å². The van der Waals surface area contributed by atoms with Gasteiger partial charge in [0.25, 0.3) is 0 Å². The van der Waals surface area contributed by atoms with Crippen LogP contribution in [0.25, 0.3) is 0 Å². The van der Waals surface area contributed by atoms with Gasteiger partial charge >= 0.3 is 6.18 Å². The maximum Gasteiger partial charge on any atom is 0.416 e. The molecule has 0 radical (unpaired) electrons. The molecule has 20 heavy (non-hydrogen) atoms. The molecule has 1 rings (SSSR count). The van der Waals surface area contributed by atoms with E-state index in [0.29, 0.717) is 0 Å². The maximum atomic E-state index is 12.6. The average Bonchev–Trinajstić information content (AvgIpc) is 2.34. The number of alkyl halides is 3. The molecule has 0 aliphatic carbocycles. The Hall–Kier alpha value is -1.43. The highest BCUT2D eigenvalue weighted by molar-refractivity contribution is 6.30. The monoisotopic (exact) mass is 308 g/mol. The molecule has 0 aliphatic rings. The maximum absolute atomic E-state index is 12.6. The van der Waals surface area contributed by atoms with Gasteiger partial charge in [-0.1, -0.05) is 18.5 Å². The first-order valence-corrected chi connectivity index (χ1v) is 6.51. The largest absolute Gasteiger partial charge is 0.416 e. The number of benzene rings is 1. The van der Waals surface area contributed by atoms with Crippen molar-refractivity contribution >= 4 is 23.2 Å². The van der Waals surface area contributed by atoms with Crippen LogP contribution in [-0.4, -0.2) is 18.5 Å². The number of amides is 1. The third-order valence-electron chi connectivity index (χ3n) is 2.70. The summed E-state index contributed by atoms with van der Waals surface area (Å²) in [5.74, 6) is -0.284. The number of hydrogen-bond acceptors (Lipinski definition) is 2. The Balaban J connectivity index is 2.69. The Labute approximate surface area is 120 Å². The van der Waals surface area contributed by atoms with Crippen LogP contribution in [0.1, 0.15) is 25.8 Å². The number of carbonyl (C=O) groups excluding carboxylic acids is 1. The van der Waals surface area contributed by atoms with Crippen LogP contribution >= 0.6 is 11.6 Å². The Bertz CT molecular complexity index is 477. The summed E-state index contributed by atoms with van der Waals surface area (Å²) in [6.07, 6.45) is -3.69. The molecule has 112 valence electrons. The van der Waals surface area contributed by atoms with Gasteiger partial charge in [-0.05, 0) is 31.5 Å². The number of rotatable bonds is 5. The van der Waals surface area contributed by atoms with Crippen LogP contribution in [-0.2, 0) is 11.0 Å². The SMILES string of the molecule is CCC(C)NC(=O)CNc1cc(Cl)cc(C(F)(F)F)c1. The van der Waals surface area contributed by atoms with Crippen molar-refractivity contribution in [3.8, 4) is 0 Å². The third kappa shape index (κ3) is 5.28. The lowest BCUT2D eigenvalue weighted by molar-refractivity contribution is -0.137. The molecule has 3 nitrogen and oxygen atoms in total. The normalized spacial score (nSPS) is 12.9. The van der Waals surface area contributed by atoms with E-state index < -0.39 is 11.7 Å². The minimum Gasteiger partial charge on any atom is -0.376 e. The lowest BCUT2D eigenvalue weighted by Crippen LogP contribution is -2.36. The van der Waals surface area contributed by atoms with Gasteiger partial charge in [-0.25, -0.2) is 0 Å². The Morgan fingerprint density at radius 2 is 2.00 bits per heavy atom. The van der Waals surface area contributed by atoms with Crippen LogP contribution in [0.2, 0.25) is 5.02 Å². The zero-order valence-corrected chi connectivity index (χ0v) is 11.9. The van der Waals surface area contributed by atoms with Crippen molar-refractivity contribution in [3.05, 3.63) is 28.8 Å². The molecule has 0 saturated heterocycles. The molecule has 0 bridgehead atoms. The molecule has 7 heteroatoms. The highest BCUT2D eigenvalue weighted by atomic mass is 35.5. The lowest BCUT2D eigenvalue weighted by Gasteiger charge is -2.14. The molecule has 0 heterocycles. The average molecular weight is 309 g/mol. The first-order chi connectivity index (χ1) is 9.22. The van der Waals surface area contributed by atoms with E-state index in [1.165, 1.54) is 6.07 Å². The van der Waals surface area contributed by atoms with E-state index >= 15 is 0 Å². The molecule has 0 saturated carbocycles. The van der Waals surface area contributed by atoms with Crippen molar-refractivity contribution < 1.29 is 18.0 Å². The van der Waals surface area contributed by atoms with Gasteiger partial charge in [0.1, 0.15) is 0 Å². The van der Waals surface area contributed by atoms with Gasteiger partial charge in [0.2, 0.25) is 5.91 Å². The number of carbonyl (C=O) groups is 1. The quantitative estimate of drug-likeness (QED) is 0.871. The highest BCUT2D eigenvalue weighted by Crippen LogP contribution is 2.33. The van der Waals surface area contributed by atoms with Crippen LogP contribution in [0, 0.1) is 0 Å². The first kappa shape index (κ1) is 16.6. The summed E-state index contributed by atoms with van der Waals surface area (Å²) in [6, 6.07) is 3.12. The fraction of sp³-hybridized carbons (Fsp3) is 0.462. The predicted octanol–water partition coefficient (Wildman–Crippen LogP) is 3.69. The van der Waals surface area contributed by atoms with Gasteiger partial charge in [-0.15, -0.1) is 0 Å². The van der Waals surface area contributed by atoms with E-state index in [1.54, 1.807) is 0 Å². The minimum atomic E-state index is -4.47.